The van der Waals surface area contributed by atoms with E-state index in [1.54, 1.807) is 7.11 Å². The average molecular weight is 460 g/mol. The molecule has 0 radical (unpaired) electrons. The third kappa shape index (κ3) is 6.03. The Bertz CT molecular complexity index is 1000. The van der Waals surface area contributed by atoms with Crippen molar-refractivity contribution in [1.82, 2.24) is 15.1 Å². The lowest BCUT2D eigenvalue weighted by Gasteiger charge is -2.27. The van der Waals surface area contributed by atoms with E-state index in [2.05, 4.69) is 10.2 Å². The van der Waals surface area contributed by atoms with Crippen LogP contribution in [0.15, 0.2) is 84.9 Å². The molecule has 1 amide bonds. The Morgan fingerprint density at radius 3 is 2.15 bits per heavy atom. The number of aliphatic hydroxyl groups excluding tert-OH is 1. The summed E-state index contributed by atoms with van der Waals surface area (Å²) in [5.41, 5.74) is 3.24. The van der Waals surface area contributed by atoms with Crippen molar-refractivity contribution in [3.8, 4) is 5.75 Å². The Balaban J connectivity index is 1.36. The smallest absolute Gasteiger partial charge is 0.234 e. The van der Waals surface area contributed by atoms with Crippen molar-refractivity contribution >= 4 is 5.91 Å². The van der Waals surface area contributed by atoms with Crippen LogP contribution in [0.25, 0.3) is 0 Å². The molecule has 6 nitrogen and oxygen atoms in total. The van der Waals surface area contributed by atoms with Gasteiger partial charge in [-0.15, -0.1) is 0 Å². The number of nitrogens with zero attached hydrogens (tertiary/aromatic N) is 2. The summed E-state index contributed by atoms with van der Waals surface area (Å²) in [4.78, 5) is 17.2. The number of aliphatic hydroxyl groups is 1. The van der Waals surface area contributed by atoms with E-state index >= 15 is 0 Å². The molecule has 2 N–H and O–H groups in total. The third-order valence-electron chi connectivity index (χ3n) is 6.43. The lowest BCUT2D eigenvalue weighted by molar-refractivity contribution is -0.122. The van der Waals surface area contributed by atoms with Gasteiger partial charge in [0, 0.05) is 25.7 Å². The quantitative estimate of drug-likeness (QED) is 0.515. The number of hydrogen-bond acceptors (Lipinski definition) is 5. The first-order valence-electron chi connectivity index (χ1n) is 11.7. The number of nitrogens with one attached hydrogen (secondary N) is 1. The Morgan fingerprint density at radius 1 is 1.00 bits per heavy atom. The van der Waals surface area contributed by atoms with Crippen molar-refractivity contribution in [2.45, 2.75) is 24.7 Å². The first-order chi connectivity index (χ1) is 16.5. The second-order valence-corrected chi connectivity index (χ2v) is 8.91. The van der Waals surface area contributed by atoms with E-state index in [0.29, 0.717) is 13.1 Å². The Labute approximate surface area is 201 Å². The van der Waals surface area contributed by atoms with Crippen LogP contribution in [0.5, 0.6) is 5.75 Å². The number of benzene rings is 3. The van der Waals surface area contributed by atoms with Gasteiger partial charge in [-0.25, -0.2) is 0 Å². The van der Waals surface area contributed by atoms with Crippen molar-refractivity contribution < 1.29 is 14.6 Å². The third-order valence-corrected chi connectivity index (χ3v) is 6.43. The highest BCUT2D eigenvalue weighted by Gasteiger charge is 2.35. The standard InChI is InChI=1S/C28H33N3O3/c1-30(17-21-13-15-24(34-2)16-14-21)25-18-31(19-26(25)32)20-27(33)29-28(22-9-5-3-6-10-22)23-11-7-4-8-12-23/h3-16,25-26,28,32H,17-20H2,1-2H3,(H,29,33)/t25-,26-/m0/s1. The zero-order chi connectivity index (χ0) is 23.9. The van der Waals surface area contributed by atoms with E-state index in [1.807, 2.05) is 96.9 Å². The van der Waals surface area contributed by atoms with Gasteiger partial charge in [-0.1, -0.05) is 72.8 Å². The minimum Gasteiger partial charge on any atom is -0.497 e. The maximum atomic E-state index is 13.0. The minimum atomic E-state index is -0.505. The van der Waals surface area contributed by atoms with Crippen LogP contribution >= 0.6 is 0 Å². The molecule has 0 bridgehead atoms. The van der Waals surface area contributed by atoms with E-state index in [9.17, 15) is 9.90 Å². The lowest BCUT2D eigenvalue weighted by atomic mass is 9.99. The van der Waals surface area contributed by atoms with Crippen LogP contribution in [0.4, 0.5) is 0 Å². The highest BCUT2D eigenvalue weighted by Crippen LogP contribution is 2.23. The fourth-order valence-corrected chi connectivity index (χ4v) is 4.61. The monoisotopic (exact) mass is 459 g/mol. The molecule has 1 aliphatic heterocycles. The van der Waals surface area contributed by atoms with E-state index in [1.165, 1.54) is 0 Å². The molecule has 3 aromatic carbocycles. The first-order valence-corrected chi connectivity index (χ1v) is 11.7. The normalized spacial score (nSPS) is 18.4. The van der Waals surface area contributed by atoms with Crippen LogP contribution in [0, 0.1) is 0 Å². The van der Waals surface area contributed by atoms with E-state index in [4.69, 9.17) is 4.74 Å². The van der Waals surface area contributed by atoms with Crippen LogP contribution in [0.2, 0.25) is 0 Å². The van der Waals surface area contributed by atoms with Crippen molar-refractivity contribution in [2.24, 2.45) is 0 Å². The number of likely N-dealkylation sites (N-methyl/N-ethyl adjacent to an activating group) is 1. The summed E-state index contributed by atoms with van der Waals surface area (Å²) in [6.45, 7) is 2.09. The van der Waals surface area contributed by atoms with Gasteiger partial charge in [0.25, 0.3) is 0 Å². The number of rotatable bonds is 9. The fourth-order valence-electron chi connectivity index (χ4n) is 4.61. The number of carbonyl (C=O) groups excluding carboxylic acids is 1. The molecular formula is C28H33N3O3. The Kier molecular flexibility index (Phi) is 7.95. The van der Waals surface area contributed by atoms with Gasteiger partial charge in [0.1, 0.15) is 5.75 Å². The Hall–Kier alpha value is -3.19. The molecule has 0 aromatic heterocycles. The van der Waals surface area contributed by atoms with Gasteiger partial charge in [0.15, 0.2) is 0 Å². The van der Waals surface area contributed by atoms with E-state index < -0.39 is 6.10 Å². The molecule has 0 spiro atoms. The molecule has 4 rings (SSSR count). The van der Waals surface area contributed by atoms with Crippen LogP contribution in [0.3, 0.4) is 0 Å². The fraction of sp³-hybridized carbons (Fsp3) is 0.321. The topological polar surface area (TPSA) is 65.0 Å². The van der Waals surface area contributed by atoms with Crippen LogP contribution in [-0.2, 0) is 11.3 Å². The molecule has 34 heavy (non-hydrogen) atoms. The number of methoxy groups -OCH3 is 1. The summed E-state index contributed by atoms with van der Waals surface area (Å²) in [7, 11) is 3.67. The van der Waals surface area contributed by atoms with Crippen molar-refractivity contribution in [1.29, 1.82) is 0 Å². The average Bonchev–Trinajstić information content (AvgIpc) is 3.24. The number of likely N-dealkylation sites (tertiary alicyclic amines) is 1. The molecule has 1 aliphatic rings. The number of ether oxygens (including phenoxy) is 1. The van der Waals surface area contributed by atoms with Crippen LogP contribution in [0.1, 0.15) is 22.7 Å². The summed E-state index contributed by atoms with van der Waals surface area (Å²) in [5, 5.41) is 13.9. The lowest BCUT2D eigenvalue weighted by Crippen LogP contribution is -2.41. The predicted octanol–water partition coefficient (Wildman–Crippen LogP) is 3.08. The van der Waals surface area contributed by atoms with Crippen molar-refractivity contribution in [3.63, 3.8) is 0 Å². The SMILES string of the molecule is COc1ccc(CN(C)[C@H]2CN(CC(=O)NC(c3ccccc3)c3ccccc3)C[C@@H]2O)cc1. The summed E-state index contributed by atoms with van der Waals surface area (Å²) in [6.07, 6.45) is -0.505. The van der Waals surface area contributed by atoms with E-state index in [-0.39, 0.29) is 24.5 Å². The second kappa shape index (κ2) is 11.3. The molecule has 1 saturated heterocycles. The van der Waals surface area contributed by atoms with Crippen LogP contribution < -0.4 is 10.1 Å². The largest absolute Gasteiger partial charge is 0.497 e. The number of carbonyl (C=O) groups is 1. The molecule has 178 valence electrons. The minimum absolute atomic E-state index is 0.0334. The molecule has 0 aliphatic carbocycles. The second-order valence-electron chi connectivity index (χ2n) is 8.91. The first kappa shape index (κ1) is 24.0. The zero-order valence-corrected chi connectivity index (χ0v) is 19.8. The van der Waals surface area contributed by atoms with Crippen molar-refractivity contribution in [3.05, 3.63) is 102 Å². The summed E-state index contributed by atoms with van der Waals surface area (Å²) in [6, 6.07) is 27.7. The van der Waals surface area contributed by atoms with Gasteiger partial charge < -0.3 is 15.2 Å². The predicted molar refractivity (Wildman–Crippen MR) is 134 cm³/mol. The molecule has 3 aromatic rings. The molecule has 0 saturated carbocycles. The summed E-state index contributed by atoms with van der Waals surface area (Å²) < 4.78 is 5.23. The summed E-state index contributed by atoms with van der Waals surface area (Å²) >= 11 is 0. The van der Waals surface area contributed by atoms with Crippen molar-refractivity contribution in [2.75, 3.05) is 33.8 Å². The van der Waals surface area contributed by atoms with Gasteiger partial charge in [0.2, 0.25) is 5.91 Å². The Morgan fingerprint density at radius 2 is 1.59 bits per heavy atom. The van der Waals surface area contributed by atoms with Gasteiger partial charge >= 0.3 is 0 Å². The maximum absolute atomic E-state index is 13.0. The van der Waals surface area contributed by atoms with Gasteiger partial charge in [-0.2, -0.15) is 0 Å². The van der Waals surface area contributed by atoms with Gasteiger partial charge in [-0.05, 0) is 35.9 Å². The molecule has 6 heteroatoms. The molecule has 1 heterocycles. The molecule has 2 atom stereocenters. The highest BCUT2D eigenvalue weighted by atomic mass is 16.5. The maximum Gasteiger partial charge on any atom is 0.234 e. The van der Waals surface area contributed by atoms with Gasteiger partial charge in [0.05, 0.1) is 25.8 Å². The highest BCUT2D eigenvalue weighted by molar-refractivity contribution is 5.79. The summed E-state index contributed by atoms with van der Waals surface area (Å²) in [5.74, 6) is 0.775. The number of β-amino-alcohol motifs (C(OH)–C–C–N with tert-alkyl or cyclic N) is 1. The van der Waals surface area contributed by atoms with E-state index in [0.717, 1.165) is 29.0 Å². The zero-order valence-electron chi connectivity index (χ0n) is 19.8. The number of hydrogen-bond donors (Lipinski definition) is 2. The van der Waals surface area contributed by atoms with Crippen LogP contribution in [-0.4, -0.2) is 66.8 Å². The molecular weight excluding hydrogens is 426 g/mol. The molecule has 1 fully saturated rings. The van der Waals surface area contributed by atoms with Gasteiger partial charge in [-0.3, -0.25) is 14.6 Å². The molecule has 0 unspecified atom stereocenters. The number of amides is 1.